The van der Waals surface area contributed by atoms with Crippen molar-refractivity contribution in [2.45, 2.75) is 61.0 Å². The van der Waals surface area contributed by atoms with E-state index < -0.39 is 0 Å². The molecule has 0 aromatic carbocycles. The third-order valence-electron chi connectivity index (χ3n) is 2.13. The van der Waals surface area contributed by atoms with Crippen molar-refractivity contribution >= 4 is 46.4 Å². The lowest BCUT2D eigenvalue weighted by Crippen LogP contribution is -2.13. The highest BCUT2D eigenvalue weighted by Crippen LogP contribution is 2.21. The summed E-state index contributed by atoms with van der Waals surface area (Å²) in [6.07, 6.45) is 3.69. The Kier molecular flexibility index (Phi) is 9.02. The Morgan fingerprint density at radius 1 is 0.786 bits per heavy atom. The average molecular weight is 280 g/mol. The molecule has 0 saturated carbocycles. The van der Waals surface area contributed by atoms with E-state index in [0.29, 0.717) is 0 Å². The molecule has 0 nitrogen and oxygen atoms in total. The summed E-state index contributed by atoms with van der Waals surface area (Å²) in [5.41, 5.74) is 0. The Bertz CT molecular complexity index is 136. The minimum Gasteiger partial charge on any atom is -0.123 e. The topological polar surface area (TPSA) is 0 Å². The molecule has 14 heavy (non-hydrogen) atoms. The monoisotopic (exact) mass is 278 g/mol. The molecule has 0 aliphatic rings. The van der Waals surface area contributed by atoms with E-state index in [9.17, 15) is 0 Å². The van der Waals surface area contributed by atoms with Gasteiger partial charge in [-0.25, -0.2) is 0 Å². The maximum Gasteiger partial charge on any atom is 0.0497 e. The lowest BCUT2D eigenvalue weighted by atomic mass is 10.1. The highest BCUT2D eigenvalue weighted by Gasteiger charge is 2.14. The van der Waals surface area contributed by atoms with Gasteiger partial charge in [-0.2, -0.15) is 0 Å². The standard InChI is InChI=1S/C10H18Cl4/c1-7(11)3-4-9(13)5-6-10(14)8(2)12/h7-10H,3-6H2,1-2H3. The summed E-state index contributed by atoms with van der Waals surface area (Å²) < 4.78 is 0. The van der Waals surface area contributed by atoms with Crippen molar-refractivity contribution < 1.29 is 0 Å². The molecular weight excluding hydrogens is 262 g/mol. The molecule has 0 aliphatic heterocycles. The van der Waals surface area contributed by atoms with Gasteiger partial charge in [0.25, 0.3) is 0 Å². The minimum atomic E-state index is 0.00693. The van der Waals surface area contributed by atoms with Gasteiger partial charge >= 0.3 is 0 Å². The van der Waals surface area contributed by atoms with Crippen LogP contribution in [0.4, 0.5) is 0 Å². The Balaban J connectivity index is 3.48. The van der Waals surface area contributed by atoms with Gasteiger partial charge in [0.2, 0.25) is 0 Å². The molecule has 0 aliphatic carbocycles. The van der Waals surface area contributed by atoms with Crippen LogP contribution in [-0.2, 0) is 0 Å². The molecule has 0 fully saturated rings. The summed E-state index contributed by atoms with van der Waals surface area (Å²) in [5.74, 6) is 0. The molecule has 0 amide bonds. The molecule has 86 valence electrons. The zero-order valence-corrected chi connectivity index (χ0v) is 11.7. The van der Waals surface area contributed by atoms with Crippen LogP contribution in [-0.4, -0.2) is 21.5 Å². The van der Waals surface area contributed by atoms with Crippen LogP contribution < -0.4 is 0 Å². The lowest BCUT2D eigenvalue weighted by molar-refractivity contribution is 0.599. The van der Waals surface area contributed by atoms with Crippen LogP contribution in [0.5, 0.6) is 0 Å². The molecule has 0 bridgehead atoms. The molecule has 0 aromatic heterocycles. The molecule has 4 atom stereocenters. The van der Waals surface area contributed by atoms with Gasteiger partial charge in [0.15, 0.2) is 0 Å². The maximum absolute atomic E-state index is 6.11. The van der Waals surface area contributed by atoms with Gasteiger partial charge in [0.05, 0.1) is 0 Å². The summed E-state index contributed by atoms with van der Waals surface area (Å²) in [6, 6.07) is 0. The molecule has 4 heteroatoms. The van der Waals surface area contributed by atoms with Crippen molar-refractivity contribution in [1.82, 2.24) is 0 Å². The zero-order valence-electron chi connectivity index (χ0n) is 8.65. The van der Waals surface area contributed by atoms with Crippen molar-refractivity contribution in [2.24, 2.45) is 0 Å². The first-order chi connectivity index (χ1) is 6.43. The second kappa shape index (κ2) is 8.33. The highest BCUT2D eigenvalue weighted by atomic mass is 35.5. The van der Waals surface area contributed by atoms with Gasteiger partial charge in [-0.1, -0.05) is 0 Å². The smallest absolute Gasteiger partial charge is 0.0497 e. The van der Waals surface area contributed by atoms with Crippen LogP contribution in [0.3, 0.4) is 0 Å². The Morgan fingerprint density at radius 3 is 1.71 bits per heavy atom. The SMILES string of the molecule is CC(Cl)CCC(Cl)CCC(Cl)C(C)Cl. The summed E-state index contributed by atoms with van der Waals surface area (Å²) in [5, 5.41) is 0.404. The molecule has 0 saturated heterocycles. The van der Waals surface area contributed by atoms with Crippen molar-refractivity contribution in [3.8, 4) is 0 Å². The van der Waals surface area contributed by atoms with Crippen molar-refractivity contribution in [2.75, 3.05) is 0 Å². The molecule has 0 aromatic rings. The van der Waals surface area contributed by atoms with E-state index in [1.165, 1.54) is 0 Å². The number of rotatable bonds is 7. The number of alkyl halides is 4. The molecule has 0 heterocycles. The third kappa shape index (κ3) is 8.47. The fourth-order valence-electron chi connectivity index (χ4n) is 1.12. The van der Waals surface area contributed by atoms with E-state index in [1.807, 2.05) is 13.8 Å². The largest absolute Gasteiger partial charge is 0.123 e. The van der Waals surface area contributed by atoms with Crippen LogP contribution in [0.25, 0.3) is 0 Å². The fraction of sp³-hybridized carbons (Fsp3) is 1.00. The summed E-state index contributed by atoms with van der Waals surface area (Å²) >= 11 is 23.8. The Labute approximate surface area is 107 Å². The predicted molar refractivity (Wildman–Crippen MR) is 68.4 cm³/mol. The van der Waals surface area contributed by atoms with E-state index in [-0.39, 0.29) is 21.5 Å². The Morgan fingerprint density at radius 2 is 1.29 bits per heavy atom. The van der Waals surface area contributed by atoms with Crippen molar-refractivity contribution in [3.05, 3.63) is 0 Å². The van der Waals surface area contributed by atoms with Crippen molar-refractivity contribution in [3.63, 3.8) is 0 Å². The maximum atomic E-state index is 6.11. The first kappa shape index (κ1) is 15.2. The lowest BCUT2D eigenvalue weighted by Gasteiger charge is -2.14. The van der Waals surface area contributed by atoms with Gasteiger partial charge in [-0.15, -0.1) is 46.4 Å². The normalized spacial score (nSPS) is 20.1. The van der Waals surface area contributed by atoms with E-state index in [4.69, 9.17) is 46.4 Å². The van der Waals surface area contributed by atoms with Crippen molar-refractivity contribution in [1.29, 1.82) is 0 Å². The number of hydrogen-bond donors (Lipinski definition) is 0. The highest BCUT2D eigenvalue weighted by molar-refractivity contribution is 6.29. The van der Waals surface area contributed by atoms with Gasteiger partial charge in [-0.05, 0) is 39.5 Å². The minimum absolute atomic E-state index is 0.00693. The molecule has 0 spiro atoms. The third-order valence-corrected chi connectivity index (χ3v) is 3.82. The molecule has 0 N–H and O–H groups in total. The second-order valence-electron chi connectivity index (χ2n) is 3.73. The average Bonchev–Trinajstić information content (AvgIpc) is 2.10. The summed E-state index contributed by atoms with van der Waals surface area (Å²) in [4.78, 5) is 0. The summed E-state index contributed by atoms with van der Waals surface area (Å²) in [7, 11) is 0. The van der Waals surface area contributed by atoms with Gasteiger partial charge in [-0.3, -0.25) is 0 Å². The van der Waals surface area contributed by atoms with Crippen LogP contribution in [0, 0.1) is 0 Å². The Hall–Kier alpha value is 1.16. The molecule has 4 unspecified atom stereocenters. The van der Waals surface area contributed by atoms with Gasteiger partial charge in [0.1, 0.15) is 0 Å². The molecule has 0 radical (unpaired) electrons. The zero-order chi connectivity index (χ0) is 11.1. The molecule has 0 rings (SSSR count). The first-order valence-corrected chi connectivity index (χ1v) is 6.74. The molecular formula is C10H18Cl4. The second-order valence-corrected chi connectivity index (χ2v) is 6.34. The quantitative estimate of drug-likeness (QED) is 0.574. The van der Waals surface area contributed by atoms with E-state index in [1.54, 1.807) is 0 Å². The van der Waals surface area contributed by atoms with Crippen LogP contribution in [0.1, 0.15) is 39.5 Å². The first-order valence-electron chi connectivity index (χ1n) is 4.99. The van der Waals surface area contributed by atoms with E-state index in [2.05, 4.69) is 0 Å². The summed E-state index contributed by atoms with van der Waals surface area (Å²) in [6.45, 7) is 3.89. The number of halogens is 4. The van der Waals surface area contributed by atoms with Gasteiger partial charge < -0.3 is 0 Å². The van der Waals surface area contributed by atoms with E-state index in [0.717, 1.165) is 25.7 Å². The predicted octanol–water partition coefficient (Wildman–Crippen LogP) is 5.02. The fourth-order valence-corrected chi connectivity index (χ4v) is 1.75. The van der Waals surface area contributed by atoms with Gasteiger partial charge in [0, 0.05) is 21.5 Å². The van der Waals surface area contributed by atoms with Crippen LogP contribution in [0.2, 0.25) is 0 Å². The van der Waals surface area contributed by atoms with Crippen LogP contribution >= 0.6 is 46.4 Å². The van der Waals surface area contributed by atoms with E-state index >= 15 is 0 Å². The number of hydrogen-bond acceptors (Lipinski definition) is 0. The van der Waals surface area contributed by atoms with Crippen LogP contribution in [0.15, 0.2) is 0 Å².